The van der Waals surface area contributed by atoms with Gasteiger partial charge in [0.15, 0.2) is 0 Å². The number of hydrogen-bond donors (Lipinski definition) is 0. The number of nitrogens with zero attached hydrogens (tertiary/aromatic N) is 3. The summed E-state index contributed by atoms with van der Waals surface area (Å²) in [7, 11) is -3.13. The molecule has 0 bridgehead atoms. The number of hydrogen-bond acceptors (Lipinski definition) is 5. The molecule has 6 nitrogen and oxygen atoms in total. The van der Waals surface area contributed by atoms with E-state index in [1.165, 1.54) is 10.6 Å². The molecule has 0 spiro atoms. The fraction of sp³-hybridized carbons (Fsp3) is 0.500. The van der Waals surface area contributed by atoms with Crippen molar-refractivity contribution in [1.29, 1.82) is 5.26 Å². The Morgan fingerprint density at radius 2 is 2.16 bits per heavy atom. The predicted octanol–water partition coefficient (Wildman–Crippen LogP) is 0.756. The van der Waals surface area contributed by atoms with Crippen molar-refractivity contribution >= 4 is 10.0 Å². The van der Waals surface area contributed by atoms with E-state index in [1.54, 1.807) is 18.3 Å². The Bertz CT molecular complexity index is 586. The monoisotopic (exact) mass is 281 g/mol. The largest absolute Gasteiger partial charge is 0.473 e. The van der Waals surface area contributed by atoms with Crippen LogP contribution in [0.15, 0.2) is 18.3 Å². The third-order valence-corrected chi connectivity index (χ3v) is 4.34. The van der Waals surface area contributed by atoms with E-state index in [9.17, 15) is 8.42 Å². The lowest BCUT2D eigenvalue weighted by Crippen LogP contribution is -2.41. The first-order valence-corrected chi connectivity index (χ1v) is 7.82. The van der Waals surface area contributed by atoms with Gasteiger partial charge in [-0.15, -0.1) is 0 Å². The smallest absolute Gasteiger partial charge is 0.231 e. The quantitative estimate of drug-likeness (QED) is 0.816. The first-order valence-electron chi connectivity index (χ1n) is 5.97. The topological polar surface area (TPSA) is 83.3 Å². The standard InChI is InChI=1S/C12H15N3O3S/c1-19(16,17)15-7-4-11(5-8-15)18-12-10(9-13)3-2-6-14-12/h2-3,6,11H,4-5,7-8H2,1H3. The van der Waals surface area contributed by atoms with E-state index < -0.39 is 10.0 Å². The molecule has 1 fully saturated rings. The molecule has 1 aromatic rings. The van der Waals surface area contributed by atoms with Crippen LogP contribution in [0, 0.1) is 11.3 Å². The van der Waals surface area contributed by atoms with Crippen molar-refractivity contribution in [3.8, 4) is 11.9 Å². The molecule has 7 heteroatoms. The molecule has 1 aromatic heterocycles. The summed E-state index contributed by atoms with van der Waals surface area (Å²) < 4.78 is 29.9. The molecule has 1 saturated heterocycles. The Labute approximate surface area is 112 Å². The minimum absolute atomic E-state index is 0.0972. The minimum Gasteiger partial charge on any atom is -0.473 e. The second-order valence-electron chi connectivity index (χ2n) is 4.45. The highest BCUT2D eigenvalue weighted by atomic mass is 32.2. The summed E-state index contributed by atoms with van der Waals surface area (Å²) in [5.41, 5.74) is 0.396. The highest BCUT2D eigenvalue weighted by Gasteiger charge is 2.26. The van der Waals surface area contributed by atoms with E-state index in [4.69, 9.17) is 10.00 Å². The van der Waals surface area contributed by atoms with Crippen LogP contribution < -0.4 is 4.74 Å². The van der Waals surface area contributed by atoms with E-state index in [2.05, 4.69) is 4.98 Å². The van der Waals surface area contributed by atoms with Gasteiger partial charge in [-0.05, 0) is 25.0 Å². The summed E-state index contributed by atoms with van der Waals surface area (Å²) in [6, 6.07) is 5.35. The molecule has 1 aliphatic heterocycles. The normalized spacial score (nSPS) is 17.9. The van der Waals surface area contributed by atoms with Crippen LogP contribution in [0.3, 0.4) is 0 Å². The van der Waals surface area contributed by atoms with Gasteiger partial charge in [-0.3, -0.25) is 0 Å². The number of sulfonamides is 1. The van der Waals surface area contributed by atoms with Crippen LogP contribution in [0.1, 0.15) is 18.4 Å². The molecule has 19 heavy (non-hydrogen) atoms. The van der Waals surface area contributed by atoms with Gasteiger partial charge in [0.2, 0.25) is 15.9 Å². The molecule has 0 atom stereocenters. The zero-order chi connectivity index (χ0) is 13.9. The van der Waals surface area contributed by atoms with Gasteiger partial charge >= 0.3 is 0 Å². The average Bonchev–Trinajstić information content (AvgIpc) is 2.39. The van der Waals surface area contributed by atoms with E-state index in [0.717, 1.165) is 0 Å². The molecule has 0 saturated carbocycles. The van der Waals surface area contributed by atoms with E-state index in [-0.39, 0.29) is 6.10 Å². The zero-order valence-corrected chi connectivity index (χ0v) is 11.4. The molecule has 0 amide bonds. The van der Waals surface area contributed by atoms with E-state index in [1.807, 2.05) is 6.07 Å². The van der Waals surface area contributed by atoms with E-state index in [0.29, 0.717) is 37.4 Å². The molecular formula is C12H15N3O3S. The van der Waals surface area contributed by atoms with Crippen LogP contribution in [0.2, 0.25) is 0 Å². The SMILES string of the molecule is CS(=O)(=O)N1CCC(Oc2ncccc2C#N)CC1. The van der Waals surface area contributed by atoms with Gasteiger partial charge in [0, 0.05) is 19.3 Å². The highest BCUT2D eigenvalue weighted by molar-refractivity contribution is 7.88. The number of aromatic nitrogens is 1. The number of rotatable bonds is 3. The molecule has 0 unspecified atom stereocenters. The number of piperidine rings is 1. The summed E-state index contributed by atoms with van der Waals surface area (Å²) in [4.78, 5) is 4.03. The maximum absolute atomic E-state index is 11.4. The van der Waals surface area contributed by atoms with Crippen LogP contribution in [0.4, 0.5) is 0 Å². The number of pyridine rings is 1. The molecule has 2 rings (SSSR count). The Hall–Kier alpha value is -1.65. The summed E-state index contributed by atoms with van der Waals surface area (Å²) >= 11 is 0. The molecule has 0 N–H and O–H groups in total. The summed E-state index contributed by atoms with van der Waals surface area (Å²) in [5, 5.41) is 8.94. The van der Waals surface area contributed by atoms with Gasteiger partial charge in [0.1, 0.15) is 17.7 Å². The molecule has 1 aliphatic rings. The first kappa shape index (κ1) is 13.8. The van der Waals surface area contributed by atoms with Gasteiger partial charge in [-0.1, -0.05) is 0 Å². The zero-order valence-electron chi connectivity index (χ0n) is 10.6. The van der Waals surface area contributed by atoms with Crippen molar-refractivity contribution in [1.82, 2.24) is 9.29 Å². The molecular weight excluding hydrogens is 266 g/mol. The molecule has 0 aromatic carbocycles. The summed E-state index contributed by atoms with van der Waals surface area (Å²) in [6.07, 6.45) is 3.89. The van der Waals surface area contributed by atoms with Crippen LogP contribution in [-0.2, 0) is 10.0 Å². The van der Waals surface area contributed by atoms with Crippen LogP contribution in [0.25, 0.3) is 0 Å². The van der Waals surface area contributed by atoms with Crippen molar-refractivity contribution < 1.29 is 13.2 Å². The molecule has 102 valence electrons. The lowest BCUT2D eigenvalue weighted by Gasteiger charge is -2.30. The number of ether oxygens (including phenoxy) is 1. The van der Waals surface area contributed by atoms with Crippen LogP contribution in [0.5, 0.6) is 5.88 Å². The van der Waals surface area contributed by atoms with Crippen molar-refractivity contribution in [2.45, 2.75) is 18.9 Å². The van der Waals surface area contributed by atoms with Crippen molar-refractivity contribution in [2.75, 3.05) is 19.3 Å². The van der Waals surface area contributed by atoms with Crippen LogP contribution in [-0.4, -0.2) is 43.2 Å². The predicted molar refractivity (Wildman–Crippen MR) is 69.0 cm³/mol. The Kier molecular flexibility index (Phi) is 4.02. The maximum Gasteiger partial charge on any atom is 0.231 e. The molecule has 2 heterocycles. The second-order valence-corrected chi connectivity index (χ2v) is 6.43. The highest BCUT2D eigenvalue weighted by Crippen LogP contribution is 2.21. The second kappa shape index (κ2) is 5.55. The fourth-order valence-electron chi connectivity index (χ4n) is 2.01. The van der Waals surface area contributed by atoms with Gasteiger partial charge < -0.3 is 4.74 Å². The summed E-state index contributed by atoms with van der Waals surface area (Å²) in [5.74, 6) is 0.322. The summed E-state index contributed by atoms with van der Waals surface area (Å²) in [6.45, 7) is 0.885. The van der Waals surface area contributed by atoms with Gasteiger partial charge in [0.05, 0.1) is 6.26 Å². The van der Waals surface area contributed by atoms with Crippen molar-refractivity contribution in [3.05, 3.63) is 23.9 Å². The maximum atomic E-state index is 11.4. The minimum atomic E-state index is -3.13. The first-order chi connectivity index (χ1) is 9.00. The van der Waals surface area contributed by atoms with Gasteiger partial charge in [-0.25, -0.2) is 17.7 Å². The molecule has 0 radical (unpaired) electrons. The molecule has 0 aliphatic carbocycles. The Balaban J connectivity index is 1.98. The average molecular weight is 281 g/mol. The third-order valence-electron chi connectivity index (χ3n) is 3.04. The van der Waals surface area contributed by atoms with Crippen LogP contribution >= 0.6 is 0 Å². The lowest BCUT2D eigenvalue weighted by molar-refractivity contribution is 0.130. The van der Waals surface area contributed by atoms with Crippen molar-refractivity contribution in [3.63, 3.8) is 0 Å². The lowest BCUT2D eigenvalue weighted by atomic mass is 10.1. The van der Waals surface area contributed by atoms with Gasteiger partial charge in [0.25, 0.3) is 0 Å². The van der Waals surface area contributed by atoms with Gasteiger partial charge in [-0.2, -0.15) is 5.26 Å². The van der Waals surface area contributed by atoms with E-state index >= 15 is 0 Å². The van der Waals surface area contributed by atoms with Crippen molar-refractivity contribution in [2.24, 2.45) is 0 Å². The Morgan fingerprint density at radius 1 is 1.47 bits per heavy atom. The fourth-order valence-corrected chi connectivity index (χ4v) is 2.88. The number of nitriles is 1. The Morgan fingerprint density at radius 3 is 2.74 bits per heavy atom. The third kappa shape index (κ3) is 3.43.